The third-order valence-corrected chi connectivity index (χ3v) is 7.50. The van der Waals surface area contributed by atoms with Crippen LogP contribution in [0.4, 0.5) is 11.8 Å². The number of rotatable bonds is 6. The van der Waals surface area contributed by atoms with E-state index in [0.717, 1.165) is 35.4 Å². The van der Waals surface area contributed by atoms with Gasteiger partial charge in [-0.1, -0.05) is 20.8 Å². The van der Waals surface area contributed by atoms with Gasteiger partial charge in [0.1, 0.15) is 17.1 Å². The topological polar surface area (TPSA) is 108 Å². The molecule has 0 aromatic carbocycles. The molecule has 7 rings (SSSR count). The predicted octanol–water partition coefficient (Wildman–Crippen LogP) is 5.71. The molecule has 0 unspecified atom stereocenters. The van der Waals surface area contributed by atoms with E-state index in [4.69, 9.17) is 19.6 Å². The Balaban J connectivity index is 1.16. The van der Waals surface area contributed by atoms with Crippen molar-refractivity contribution in [3.8, 4) is 11.5 Å². The lowest BCUT2D eigenvalue weighted by molar-refractivity contribution is 0.183. The van der Waals surface area contributed by atoms with Crippen molar-refractivity contribution in [2.24, 2.45) is 7.05 Å². The van der Waals surface area contributed by atoms with Crippen molar-refractivity contribution in [2.75, 3.05) is 18.5 Å². The first kappa shape index (κ1) is 23.2. The number of anilines is 2. The van der Waals surface area contributed by atoms with Crippen molar-refractivity contribution in [3.05, 3.63) is 48.0 Å². The minimum atomic E-state index is -0.0483. The smallest absolute Gasteiger partial charge is 0.210 e. The van der Waals surface area contributed by atoms with Gasteiger partial charge in [0.05, 0.1) is 30.6 Å². The summed E-state index contributed by atoms with van der Waals surface area (Å²) < 4.78 is 15.9. The molecule has 0 amide bonds. The summed E-state index contributed by atoms with van der Waals surface area (Å²) in [6.45, 7) is 8.08. The highest BCUT2D eigenvalue weighted by molar-refractivity contribution is 5.82. The van der Waals surface area contributed by atoms with Crippen LogP contribution in [0.1, 0.15) is 63.3 Å². The summed E-state index contributed by atoms with van der Waals surface area (Å²) in [6.07, 6.45) is 8.97. The molecule has 1 saturated carbocycles. The van der Waals surface area contributed by atoms with Gasteiger partial charge in [0.25, 0.3) is 0 Å². The van der Waals surface area contributed by atoms with Crippen LogP contribution in [0.15, 0.2) is 36.8 Å². The van der Waals surface area contributed by atoms with Gasteiger partial charge in [-0.25, -0.2) is 9.97 Å². The normalized spacial score (nSPS) is 18.1. The van der Waals surface area contributed by atoms with Gasteiger partial charge in [0.15, 0.2) is 11.5 Å². The number of hydrogen-bond acceptors (Lipinski definition) is 7. The molecule has 2 N–H and O–H groups in total. The zero-order valence-corrected chi connectivity index (χ0v) is 22.2. The van der Waals surface area contributed by atoms with E-state index in [9.17, 15) is 0 Å². The Morgan fingerprint density at radius 1 is 1.08 bits per heavy atom. The fourth-order valence-electron chi connectivity index (χ4n) is 5.27. The van der Waals surface area contributed by atoms with Gasteiger partial charge in [-0.3, -0.25) is 4.68 Å². The number of aryl methyl sites for hydroxylation is 1. The number of hydrogen-bond donors (Lipinski definition) is 2. The number of aromatic nitrogens is 7. The van der Waals surface area contributed by atoms with Gasteiger partial charge in [0, 0.05) is 48.5 Å². The molecule has 1 aliphatic carbocycles. The lowest BCUT2D eigenvalue weighted by Crippen LogP contribution is -2.22. The van der Waals surface area contributed by atoms with E-state index in [0.29, 0.717) is 35.6 Å². The van der Waals surface area contributed by atoms with Gasteiger partial charge in [-0.2, -0.15) is 10.1 Å². The van der Waals surface area contributed by atoms with Crippen LogP contribution in [-0.2, 0) is 17.2 Å². The minimum Gasteiger partial charge on any atom is -0.454 e. The summed E-state index contributed by atoms with van der Waals surface area (Å²) in [7, 11) is 1.96. The van der Waals surface area contributed by atoms with Gasteiger partial charge in [0.2, 0.25) is 5.95 Å². The van der Waals surface area contributed by atoms with Crippen molar-refractivity contribution in [2.45, 2.75) is 57.4 Å². The number of nitrogens with one attached hydrogen (secondary N) is 2. The van der Waals surface area contributed by atoms with Crippen LogP contribution in [0.2, 0.25) is 0 Å². The van der Waals surface area contributed by atoms with E-state index in [1.807, 2.05) is 17.7 Å². The third-order valence-electron chi connectivity index (χ3n) is 7.50. The molecule has 1 aliphatic heterocycles. The number of H-pyrrole nitrogens is 1. The lowest BCUT2D eigenvalue weighted by Gasteiger charge is -2.22. The van der Waals surface area contributed by atoms with Crippen molar-refractivity contribution in [3.63, 3.8) is 0 Å². The SMILES string of the molecule is Cn1c(Nc2cc(C(C)(C)C)n([C@H]3CCOC3)n2)nc2ncc(Oc3cnc4[nH]cc(C5CC5)c4c3)cc21. The maximum atomic E-state index is 6.19. The maximum Gasteiger partial charge on any atom is 0.210 e. The second kappa shape index (κ2) is 8.56. The molecule has 196 valence electrons. The molecular formula is C28H32N8O2. The quantitative estimate of drug-likeness (QED) is 0.300. The van der Waals surface area contributed by atoms with E-state index >= 15 is 0 Å². The summed E-state index contributed by atoms with van der Waals surface area (Å²) in [5.74, 6) is 3.39. The number of imidazole rings is 1. The van der Waals surface area contributed by atoms with E-state index in [1.54, 1.807) is 12.4 Å². The molecule has 1 atom stereocenters. The van der Waals surface area contributed by atoms with Crippen molar-refractivity contribution >= 4 is 34.0 Å². The fourth-order valence-corrected chi connectivity index (χ4v) is 5.27. The summed E-state index contributed by atoms with van der Waals surface area (Å²) in [6, 6.07) is 6.38. The molecule has 2 aliphatic rings. The average Bonchev–Trinajstić information content (AvgIpc) is 3.25. The van der Waals surface area contributed by atoms with Crippen LogP contribution in [0.25, 0.3) is 22.2 Å². The fraction of sp³-hybridized carbons (Fsp3) is 0.429. The maximum absolute atomic E-state index is 6.19. The third kappa shape index (κ3) is 4.09. The largest absolute Gasteiger partial charge is 0.454 e. The molecule has 5 aromatic rings. The monoisotopic (exact) mass is 512 g/mol. The summed E-state index contributed by atoms with van der Waals surface area (Å²) in [5, 5.41) is 9.44. The van der Waals surface area contributed by atoms with Crippen LogP contribution in [0.5, 0.6) is 11.5 Å². The van der Waals surface area contributed by atoms with Crippen molar-refractivity contribution in [1.82, 2.24) is 34.3 Å². The Kier molecular flexibility index (Phi) is 5.23. The summed E-state index contributed by atoms with van der Waals surface area (Å²) in [5.41, 5.74) is 4.84. The number of ether oxygens (including phenoxy) is 2. The molecule has 0 spiro atoms. The standard InChI is InChI=1S/C28H32N8O2/c1-28(2,3)23-11-24(34-36(23)17-7-8-37-15-17)32-27-33-26-22(35(27)4)10-19(13-30-26)38-18-9-20-21(16-5-6-16)14-31-25(20)29-12-18/h9-14,16-17H,5-8,15H2,1-4H3,(H,29,31)(H,30,32,33,34)/t17-/m0/s1. The molecule has 0 bridgehead atoms. The zero-order valence-electron chi connectivity index (χ0n) is 22.2. The molecule has 38 heavy (non-hydrogen) atoms. The predicted molar refractivity (Wildman–Crippen MR) is 145 cm³/mol. The van der Waals surface area contributed by atoms with Gasteiger partial charge in [-0.05, 0) is 36.8 Å². The second-order valence-electron chi connectivity index (χ2n) is 11.4. The van der Waals surface area contributed by atoms with Crippen LogP contribution in [-0.4, -0.2) is 47.5 Å². The van der Waals surface area contributed by atoms with Gasteiger partial charge >= 0.3 is 0 Å². The van der Waals surface area contributed by atoms with E-state index < -0.39 is 0 Å². The zero-order chi connectivity index (χ0) is 26.0. The van der Waals surface area contributed by atoms with Crippen molar-refractivity contribution < 1.29 is 9.47 Å². The highest BCUT2D eigenvalue weighted by Crippen LogP contribution is 2.43. The summed E-state index contributed by atoms with van der Waals surface area (Å²) >= 11 is 0. The second-order valence-corrected chi connectivity index (χ2v) is 11.4. The number of pyridine rings is 2. The molecule has 10 nitrogen and oxygen atoms in total. The molecule has 5 aromatic heterocycles. The van der Waals surface area contributed by atoms with Crippen LogP contribution >= 0.6 is 0 Å². The van der Waals surface area contributed by atoms with Crippen LogP contribution in [0.3, 0.4) is 0 Å². The Bertz CT molecular complexity index is 1650. The van der Waals surface area contributed by atoms with E-state index in [-0.39, 0.29) is 11.5 Å². The van der Waals surface area contributed by atoms with Crippen LogP contribution in [0, 0.1) is 0 Å². The Hall–Kier alpha value is -3.92. The highest BCUT2D eigenvalue weighted by atomic mass is 16.5. The van der Waals surface area contributed by atoms with E-state index in [2.05, 4.69) is 64.1 Å². The number of aromatic amines is 1. The van der Waals surface area contributed by atoms with Crippen molar-refractivity contribution in [1.29, 1.82) is 0 Å². The number of fused-ring (bicyclic) bond motifs is 2. The van der Waals surface area contributed by atoms with Crippen LogP contribution < -0.4 is 10.1 Å². The van der Waals surface area contributed by atoms with Gasteiger partial charge in [-0.15, -0.1) is 0 Å². The molecule has 1 saturated heterocycles. The Morgan fingerprint density at radius 2 is 1.89 bits per heavy atom. The first-order valence-electron chi connectivity index (χ1n) is 13.3. The van der Waals surface area contributed by atoms with E-state index in [1.165, 1.54) is 24.1 Å². The Labute approximate surface area is 220 Å². The Morgan fingerprint density at radius 3 is 2.66 bits per heavy atom. The molecular weight excluding hydrogens is 480 g/mol. The average molecular weight is 513 g/mol. The molecule has 2 fully saturated rings. The first-order chi connectivity index (χ1) is 18.3. The lowest BCUT2D eigenvalue weighted by atomic mass is 9.91. The summed E-state index contributed by atoms with van der Waals surface area (Å²) in [4.78, 5) is 17.1. The number of nitrogens with zero attached hydrogens (tertiary/aromatic N) is 6. The molecule has 0 radical (unpaired) electrons. The molecule has 6 heterocycles. The highest BCUT2D eigenvalue weighted by Gasteiger charge is 2.28. The molecule has 10 heteroatoms. The van der Waals surface area contributed by atoms with Gasteiger partial charge < -0.3 is 24.3 Å². The minimum absolute atomic E-state index is 0.0483. The first-order valence-corrected chi connectivity index (χ1v) is 13.3.